The van der Waals surface area contributed by atoms with Crippen LogP contribution in [0.1, 0.15) is 11.5 Å². The molecular formula is C23H17F2NO3. The fourth-order valence-corrected chi connectivity index (χ4v) is 2.98. The minimum absolute atomic E-state index is 0.0327. The van der Waals surface area contributed by atoms with Gasteiger partial charge in [-0.3, -0.25) is 0 Å². The fourth-order valence-electron chi connectivity index (χ4n) is 2.98. The highest BCUT2D eigenvalue weighted by molar-refractivity contribution is 5.82. The van der Waals surface area contributed by atoms with Crippen molar-refractivity contribution in [2.45, 2.75) is 6.61 Å². The molecule has 0 bridgehead atoms. The molecule has 0 saturated heterocycles. The third-order valence-corrected chi connectivity index (χ3v) is 4.33. The summed E-state index contributed by atoms with van der Waals surface area (Å²) in [6.07, 6.45) is 3.39. The Balaban J connectivity index is 1.60. The maximum atomic E-state index is 12.6. The van der Waals surface area contributed by atoms with Crippen LogP contribution in [-0.2, 0) is 0 Å². The van der Waals surface area contributed by atoms with Crippen molar-refractivity contribution in [2.24, 2.45) is 0 Å². The molecule has 146 valence electrons. The van der Waals surface area contributed by atoms with Crippen LogP contribution in [-0.4, -0.2) is 18.7 Å². The third kappa shape index (κ3) is 4.27. The zero-order chi connectivity index (χ0) is 20.2. The van der Waals surface area contributed by atoms with Gasteiger partial charge in [0.05, 0.1) is 7.11 Å². The zero-order valence-electron chi connectivity index (χ0n) is 15.5. The van der Waals surface area contributed by atoms with Gasteiger partial charge in [-0.1, -0.05) is 42.5 Å². The summed E-state index contributed by atoms with van der Waals surface area (Å²) in [5, 5.41) is 0. The smallest absolute Gasteiger partial charge is 0.387 e. The van der Waals surface area contributed by atoms with Crippen LogP contribution in [0.15, 0.2) is 71.1 Å². The van der Waals surface area contributed by atoms with Crippen LogP contribution in [0.4, 0.5) is 8.78 Å². The van der Waals surface area contributed by atoms with Crippen molar-refractivity contribution in [3.8, 4) is 22.6 Å². The van der Waals surface area contributed by atoms with E-state index in [9.17, 15) is 8.78 Å². The molecular weight excluding hydrogens is 376 g/mol. The molecule has 0 aliphatic rings. The average molecular weight is 393 g/mol. The summed E-state index contributed by atoms with van der Waals surface area (Å²) in [7, 11) is 1.39. The Morgan fingerprint density at radius 1 is 0.897 bits per heavy atom. The molecule has 1 heterocycles. The number of ether oxygens (including phenoxy) is 2. The van der Waals surface area contributed by atoms with Gasteiger partial charge in [-0.2, -0.15) is 8.78 Å². The molecule has 0 aliphatic carbocycles. The largest absolute Gasteiger partial charge is 0.493 e. The first-order chi connectivity index (χ1) is 14.1. The average Bonchev–Trinajstić information content (AvgIpc) is 3.15. The number of aromatic nitrogens is 1. The van der Waals surface area contributed by atoms with Crippen LogP contribution in [0.2, 0.25) is 0 Å². The predicted octanol–water partition coefficient (Wildman–Crippen LogP) is 6.28. The van der Waals surface area contributed by atoms with Crippen molar-refractivity contribution < 1.29 is 22.7 Å². The Morgan fingerprint density at radius 2 is 1.72 bits per heavy atom. The molecule has 4 aromatic rings. The Labute approximate surface area is 166 Å². The van der Waals surface area contributed by atoms with Crippen molar-refractivity contribution >= 4 is 23.3 Å². The lowest BCUT2D eigenvalue weighted by Gasteiger charge is -2.10. The first-order valence-electron chi connectivity index (χ1n) is 8.89. The summed E-state index contributed by atoms with van der Waals surface area (Å²) >= 11 is 0. The van der Waals surface area contributed by atoms with E-state index in [0.29, 0.717) is 17.0 Å². The van der Waals surface area contributed by atoms with E-state index >= 15 is 0 Å². The first kappa shape index (κ1) is 18.7. The summed E-state index contributed by atoms with van der Waals surface area (Å²) in [5.74, 6) is 0.616. The van der Waals surface area contributed by atoms with Crippen molar-refractivity contribution in [3.05, 3.63) is 78.2 Å². The first-order valence-corrected chi connectivity index (χ1v) is 8.89. The fraction of sp³-hybridized carbons (Fsp3) is 0.0870. The molecule has 0 atom stereocenters. The van der Waals surface area contributed by atoms with E-state index in [0.717, 1.165) is 16.6 Å². The minimum Gasteiger partial charge on any atom is -0.493 e. The Hall–Kier alpha value is -3.67. The van der Waals surface area contributed by atoms with Gasteiger partial charge in [-0.25, -0.2) is 4.98 Å². The molecule has 6 heteroatoms. The summed E-state index contributed by atoms with van der Waals surface area (Å²) in [6, 6.07) is 20.6. The number of nitrogens with zero attached hydrogens (tertiary/aromatic N) is 1. The summed E-state index contributed by atoms with van der Waals surface area (Å²) < 4.78 is 40.4. The van der Waals surface area contributed by atoms with Crippen LogP contribution in [0.25, 0.3) is 34.4 Å². The summed E-state index contributed by atoms with van der Waals surface area (Å²) in [6.45, 7) is -2.93. The van der Waals surface area contributed by atoms with Gasteiger partial charge in [0.25, 0.3) is 0 Å². The quantitative estimate of drug-likeness (QED) is 0.387. The van der Waals surface area contributed by atoms with E-state index < -0.39 is 6.61 Å². The Bertz CT molecular complexity index is 1150. The second-order valence-corrected chi connectivity index (χ2v) is 6.22. The molecule has 0 spiro atoms. The lowest BCUT2D eigenvalue weighted by atomic mass is 10.1. The number of benzene rings is 3. The molecule has 0 radical (unpaired) electrons. The molecule has 4 rings (SSSR count). The highest BCUT2D eigenvalue weighted by atomic mass is 19.3. The molecule has 0 fully saturated rings. The number of hydrogen-bond acceptors (Lipinski definition) is 4. The lowest BCUT2D eigenvalue weighted by Crippen LogP contribution is -2.03. The van der Waals surface area contributed by atoms with Crippen LogP contribution in [0.3, 0.4) is 0 Å². The zero-order valence-corrected chi connectivity index (χ0v) is 15.5. The highest BCUT2D eigenvalue weighted by Gasteiger charge is 2.11. The molecule has 0 aliphatic heterocycles. The molecule has 1 aromatic heterocycles. The molecule has 0 saturated carbocycles. The van der Waals surface area contributed by atoms with Crippen LogP contribution >= 0.6 is 0 Å². The van der Waals surface area contributed by atoms with Gasteiger partial charge in [-0.05, 0) is 47.0 Å². The predicted molar refractivity (Wildman–Crippen MR) is 108 cm³/mol. The maximum absolute atomic E-state index is 12.6. The van der Waals surface area contributed by atoms with Crippen molar-refractivity contribution in [3.63, 3.8) is 0 Å². The molecule has 29 heavy (non-hydrogen) atoms. The topological polar surface area (TPSA) is 44.5 Å². The molecule has 4 nitrogen and oxygen atoms in total. The van der Waals surface area contributed by atoms with Gasteiger partial charge in [0.1, 0.15) is 5.52 Å². The summed E-state index contributed by atoms with van der Waals surface area (Å²) in [4.78, 5) is 4.49. The Kier molecular flexibility index (Phi) is 5.24. The van der Waals surface area contributed by atoms with Crippen LogP contribution in [0, 0.1) is 0 Å². The van der Waals surface area contributed by atoms with E-state index in [1.54, 1.807) is 24.3 Å². The summed E-state index contributed by atoms with van der Waals surface area (Å²) in [5.41, 5.74) is 4.20. The third-order valence-electron chi connectivity index (χ3n) is 4.33. The van der Waals surface area contributed by atoms with Gasteiger partial charge in [0.2, 0.25) is 5.89 Å². The number of hydrogen-bond donors (Lipinski definition) is 0. The van der Waals surface area contributed by atoms with Crippen LogP contribution in [0.5, 0.6) is 11.5 Å². The highest BCUT2D eigenvalue weighted by Crippen LogP contribution is 2.30. The lowest BCUT2D eigenvalue weighted by molar-refractivity contribution is -0.0512. The van der Waals surface area contributed by atoms with Crippen molar-refractivity contribution in [1.82, 2.24) is 4.98 Å². The van der Waals surface area contributed by atoms with Crippen LogP contribution < -0.4 is 9.47 Å². The second kappa shape index (κ2) is 8.14. The number of halogens is 2. The number of fused-ring (bicyclic) bond motifs is 1. The van der Waals surface area contributed by atoms with E-state index in [2.05, 4.69) is 9.72 Å². The van der Waals surface area contributed by atoms with E-state index in [4.69, 9.17) is 9.15 Å². The SMILES string of the molecule is COc1ccc(C=Cc2nc3cc(-c4ccccc4)ccc3o2)cc1OC(F)F. The normalized spacial score (nSPS) is 11.4. The molecule has 0 N–H and O–H groups in total. The number of methoxy groups -OCH3 is 1. The number of alkyl halides is 2. The molecule has 3 aromatic carbocycles. The van der Waals surface area contributed by atoms with Gasteiger partial charge >= 0.3 is 6.61 Å². The molecule has 0 unspecified atom stereocenters. The monoisotopic (exact) mass is 393 g/mol. The number of oxazole rings is 1. The minimum atomic E-state index is -2.93. The van der Waals surface area contributed by atoms with Crippen molar-refractivity contribution in [1.29, 1.82) is 0 Å². The van der Waals surface area contributed by atoms with Crippen molar-refractivity contribution in [2.75, 3.05) is 7.11 Å². The van der Waals surface area contributed by atoms with E-state index in [-0.39, 0.29) is 11.5 Å². The standard InChI is InChI=1S/C23H17F2NO3/c1-27-20-10-7-15(13-21(20)29-23(24)25)8-12-22-26-18-14-17(9-11-19(18)28-22)16-5-3-2-4-6-16/h2-14,23H,1H3. The maximum Gasteiger partial charge on any atom is 0.387 e. The van der Waals surface area contributed by atoms with Gasteiger partial charge < -0.3 is 13.9 Å². The number of rotatable bonds is 6. The Morgan fingerprint density at radius 3 is 2.48 bits per heavy atom. The van der Waals surface area contributed by atoms with E-state index in [1.807, 2.05) is 48.5 Å². The van der Waals surface area contributed by atoms with E-state index in [1.165, 1.54) is 13.2 Å². The van der Waals surface area contributed by atoms with Gasteiger partial charge in [0.15, 0.2) is 17.1 Å². The second-order valence-electron chi connectivity index (χ2n) is 6.22. The molecule has 0 amide bonds. The van der Waals surface area contributed by atoms with Gasteiger partial charge in [-0.15, -0.1) is 0 Å². The van der Waals surface area contributed by atoms with Gasteiger partial charge in [0, 0.05) is 6.08 Å².